The number of nitrogens with zero attached hydrogens (tertiary/aromatic N) is 3. The molecule has 3 amide bonds. The minimum atomic E-state index is -1.13. The summed E-state index contributed by atoms with van der Waals surface area (Å²) in [6, 6.07) is 7.53. The number of hydrogen-bond acceptors (Lipinski definition) is 5. The number of aliphatic hydroxyl groups is 1. The highest BCUT2D eigenvalue weighted by molar-refractivity contribution is 5.99. The van der Waals surface area contributed by atoms with Crippen molar-refractivity contribution < 1.29 is 24.2 Å². The number of likely N-dealkylation sites (tertiary alicyclic amines) is 1. The van der Waals surface area contributed by atoms with Gasteiger partial charge in [-0.05, 0) is 38.2 Å². The van der Waals surface area contributed by atoms with Crippen molar-refractivity contribution in [3.05, 3.63) is 61.2 Å². The van der Waals surface area contributed by atoms with Crippen LogP contribution in [0.1, 0.15) is 64.5 Å². The lowest BCUT2D eigenvalue weighted by atomic mass is 9.70. The maximum Gasteiger partial charge on any atom is 0.248 e. The molecule has 3 aliphatic rings. The lowest BCUT2D eigenvalue weighted by Gasteiger charge is -2.41. The van der Waals surface area contributed by atoms with E-state index in [0.717, 1.165) is 24.8 Å². The second-order valence-corrected chi connectivity index (χ2v) is 11.4. The molecule has 3 unspecified atom stereocenters. The Bertz CT molecular complexity index is 1090. The van der Waals surface area contributed by atoms with Gasteiger partial charge in [-0.1, -0.05) is 62.8 Å². The van der Waals surface area contributed by atoms with Crippen LogP contribution in [0.5, 0.6) is 0 Å². The third-order valence-corrected chi connectivity index (χ3v) is 8.95. The second-order valence-electron chi connectivity index (χ2n) is 11.4. The summed E-state index contributed by atoms with van der Waals surface area (Å²) in [7, 11) is 0. The molecule has 3 saturated heterocycles. The summed E-state index contributed by atoms with van der Waals surface area (Å²) in [4.78, 5) is 48.2. The summed E-state index contributed by atoms with van der Waals surface area (Å²) in [5.74, 6) is -2.09. The fourth-order valence-corrected chi connectivity index (χ4v) is 7.30. The maximum atomic E-state index is 14.6. The lowest BCUT2D eigenvalue weighted by molar-refractivity contribution is -0.153. The smallest absolute Gasteiger partial charge is 0.248 e. The van der Waals surface area contributed by atoms with Gasteiger partial charge < -0.3 is 24.5 Å². The van der Waals surface area contributed by atoms with Gasteiger partial charge in [0.15, 0.2) is 0 Å². The first-order valence-corrected chi connectivity index (χ1v) is 14.8. The topological polar surface area (TPSA) is 90.4 Å². The molecule has 3 fully saturated rings. The van der Waals surface area contributed by atoms with Gasteiger partial charge in [0.25, 0.3) is 0 Å². The van der Waals surface area contributed by atoms with Crippen molar-refractivity contribution >= 4 is 17.7 Å². The third kappa shape index (κ3) is 5.00. The molecule has 4 rings (SSSR count). The zero-order valence-corrected chi connectivity index (χ0v) is 24.2. The highest BCUT2D eigenvalue weighted by Gasteiger charge is 2.75. The third-order valence-electron chi connectivity index (χ3n) is 8.95. The van der Waals surface area contributed by atoms with E-state index >= 15 is 0 Å². The summed E-state index contributed by atoms with van der Waals surface area (Å²) < 4.78 is 6.67. The molecule has 8 heteroatoms. The van der Waals surface area contributed by atoms with E-state index in [1.165, 1.54) is 0 Å². The van der Waals surface area contributed by atoms with Crippen molar-refractivity contribution in [1.29, 1.82) is 0 Å². The fraction of sp³-hybridized carbons (Fsp3) is 0.594. The zero-order valence-electron chi connectivity index (χ0n) is 24.2. The summed E-state index contributed by atoms with van der Waals surface area (Å²) in [5.41, 5.74) is -0.389. The molecule has 0 aromatic heterocycles. The number of aliphatic hydroxyl groups excluding tert-OH is 1. The molecule has 218 valence electrons. The van der Waals surface area contributed by atoms with Gasteiger partial charge in [0.2, 0.25) is 17.7 Å². The molecule has 8 nitrogen and oxygen atoms in total. The molecule has 1 aromatic rings. The van der Waals surface area contributed by atoms with E-state index in [2.05, 4.69) is 20.1 Å². The molecule has 3 aliphatic heterocycles. The van der Waals surface area contributed by atoms with Gasteiger partial charge in [0.05, 0.1) is 30.6 Å². The van der Waals surface area contributed by atoms with E-state index in [1.54, 1.807) is 26.9 Å². The van der Waals surface area contributed by atoms with Crippen molar-refractivity contribution in [2.45, 2.75) is 82.7 Å². The Balaban J connectivity index is 1.83. The van der Waals surface area contributed by atoms with Crippen LogP contribution < -0.4 is 0 Å². The van der Waals surface area contributed by atoms with Gasteiger partial charge in [0, 0.05) is 25.7 Å². The molecule has 1 spiro atoms. The Morgan fingerprint density at radius 1 is 1.15 bits per heavy atom. The van der Waals surface area contributed by atoms with Crippen LogP contribution in [-0.4, -0.2) is 87.6 Å². The van der Waals surface area contributed by atoms with Crippen molar-refractivity contribution in [3.8, 4) is 0 Å². The first kappa shape index (κ1) is 30.0. The van der Waals surface area contributed by atoms with Crippen molar-refractivity contribution in [2.75, 3.05) is 26.2 Å². The van der Waals surface area contributed by atoms with Gasteiger partial charge in [-0.2, -0.15) is 0 Å². The maximum absolute atomic E-state index is 14.6. The number of ether oxygens (including phenoxy) is 1. The average Bonchev–Trinajstić information content (AvgIpc) is 3.60. The molecular weight excluding hydrogens is 506 g/mol. The molecule has 1 N–H and O–H groups in total. The zero-order chi connectivity index (χ0) is 29.0. The summed E-state index contributed by atoms with van der Waals surface area (Å²) >= 11 is 0. The average molecular weight is 552 g/mol. The Hall–Kier alpha value is -2.97. The van der Waals surface area contributed by atoms with Crippen molar-refractivity contribution in [3.63, 3.8) is 0 Å². The molecular formula is C32H45N3O5. The number of carbonyl (C=O) groups excluding carboxylic acids is 3. The molecule has 2 bridgehead atoms. The lowest BCUT2D eigenvalue weighted by Crippen LogP contribution is -2.58. The predicted molar refractivity (Wildman–Crippen MR) is 154 cm³/mol. The van der Waals surface area contributed by atoms with Gasteiger partial charge in [-0.25, -0.2) is 0 Å². The molecule has 3 heterocycles. The first-order valence-electron chi connectivity index (χ1n) is 14.8. The van der Waals surface area contributed by atoms with Crippen LogP contribution in [0.25, 0.3) is 0 Å². The molecule has 0 aliphatic carbocycles. The Morgan fingerprint density at radius 3 is 2.45 bits per heavy atom. The SMILES string of the molecule is C=CCN(CCC)C(=O)[C@@H]1[C@H]2C(=O)N([C@H](CO)c3ccccc3)C(C(=O)N(CC=C)C(C)CCC)C23CC[C@H]1O3. The molecule has 0 saturated carbocycles. The van der Waals surface area contributed by atoms with Gasteiger partial charge >= 0.3 is 0 Å². The van der Waals surface area contributed by atoms with Gasteiger partial charge in [0.1, 0.15) is 11.6 Å². The molecule has 40 heavy (non-hydrogen) atoms. The van der Waals surface area contributed by atoms with E-state index in [4.69, 9.17) is 4.74 Å². The number of fused-ring (bicyclic) bond motifs is 1. The molecule has 7 atom stereocenters. The van der Waals surface area contributed by atoms with Crippen LogP contribution in [0, 0.1) is 11.8 Å². The normalized spacial score (nSPS) is 28.2. The monoisotopic (exact) mass is 551 g/mol. The van der Waals surface area contributed by atoms with Gasteiger partial charge in [-0.15, -0.1) is 13.2 Å². The van der Waals surface area contributed by atoms with E-state index < -0.39 is 35.6 Å². The standard InChI is InChI=1S/C32H45N3O5/c1-6-13-22(5)34(20-9-4)31(39)28-32-17-16-25(40-32)26(29(37)33(18-7-2)19-8-3)27(32)30(38)35(28)24(21-36)23-14-11-10-12-15-23/h7,9-12,14-15,22,24-28,36H,2,4,6,8,13,16-21H2,1,3,5H3/t22?,24-,25-,26+,27+,28?,32?/m1/s1. The summed E-state index contributed by atoms with van der Waals surface area (Å²) in [6.45, 7) is 14.7. The quantitative estimate of drug-likeness (QED) is 0.356. The minimum absolute atomic E-state index is 0.0733. The van der Waals surface area contributed by atoms with Crippen LogP contribution in [-0.2, 0) is 19.1 Å². The molecule has 1 aromatic carbocycles. The first-order chi connectivity index (χ1) is 19.3. The van der Waals surface area contributed by atoms with Crippen LogP contribution >= 0.6 is 0 Å². The van der Waals surface area contributed by atoms with Crippen LogP contribution in [0.2, 0.25) is 0 Å². The predicted octanol–water partition coefficient (Wildman–Crippen LogP) is 3.72. The highest BCUT2D eigenvalue weighted by Crippen LogP contribution is 2.60. The number of amides is 3. The highest BCUT2D eigenvalue weighted by atomic mass is 16.5. The Labute approximate surface area is 238 Å². The van der Waals surface area contributed by atoms with Crippen LogP contribution in [0.3, 0.4) is 0 Å². The summed E-state index contributed by atoms with van der Waals surface area (Å²) in [5, 5.41) is 10.7. The largest absolute Gasteiger partial charge is 0.394 e. The molecule has 0 radical (unpaired) electrons. The van der Waals surface area contributed by atoms with Gasteiger partial charge in [-0.3, -0.25) is 14.4 Å². The van der Waals surface area contributed by atoms with Crippen LogP contribution in [0.4, 0.5) is 0 Å². The second kappa shape index (κ2) is 12.7. The Kier molecular flexibility index (Phi) is 9.52. The van der Waals surface area contributed by atoms with Crippen molar-refractivity contribution in [2.24, 2.45) is 11.8 Å². The van der Waals surface area contributed by atoms with E-state index in [0.29, 0.717) is 32.5 Å². The number of rotatable bonds is 14. The van der Waals surface area contributed by atoms with E-state index in [-0.39, 0.29) is 30.4 Å². The number of hydrogen-bond donors (Lipinski definition) is 1. The Morgan fingerprint density at radius 2 is 1.85 bits per heavy atom. The van der Waals surface area contributed by atoms with E-state index in [9.17, 15) is 19.5 Å². The van der Waals surface area contributed by atoms with Crippen molar-refractivity contribution in [1.82, 2.24) is 14.7 Å². The summed E-state index contributed by atoms with van der Waals surface area (Å²) in [6.07, 6.45) is 6.58. The van der Waals surface area contributed by atoms with E-state index in [1.807, 2.05) is 44.2 Å². The van der Waals surface area contributed by atoms with Crippen LogP contribution in [0.15, 0.2) is 55.6 Å². The fourth-order valence-electron chi connectivity index (χ4n) is 7.30. The number of carbonyl (C=O) groups is 3. The number of benzene rings is 1. The minimum Gasteiger partial charge on any atom is -0.394 e.